The Kier molecular flexibility index (Phi) is 3.82. The number of hydrogen-bond donors (Lipinski definition) is 4. The summed E-state index contributed by atoms with van der Waals surface area (Å²) in [6.07, 6.45) is 0. The first kappa shape index (κ1) is 12.4. The monoisotopic (exact) mass is 244 g/mol. The van der Waals surface area contributed by atoms with Crippen molar-refractivity contribution in [2.24, 2.45) is 5.73 Å². The van der Waals surface area contributed by atoms with Crippen molar-refractivity contribution >= 4 is 16.1 Å². The highest BCUT2D eigenvalue weighted by molar-refractivity contribution is 7.89. The van der Waals surface area contributed by atoms with Crippen LogP contribution in [0.25, 0.3) is 0 Å². The van der Waals surface area contributed by atoms with Crippen LogP contribution in [-0.2, 0) is 10.0 Å². The molecule has 0 aliphatic carbocycles. The number of urea groups is 1. The van der Waals surface area contributed by atoms with E-state index in [0.29, 0.717) is 0 Å². The third-order valence-electron chi connectivity index (χ3n) is 1.70. The van der Waals surface area contributed by atoms with Crippen molar-refractivity contribution in [2.75, 3.05) is 0 Å². The Labute approximate surface area is 93.0 Å². The predicted octanol–water partition coefficient (Wildman–Crippen LogP) is -0.639. The van der Waals surface area contributed by atoms with Gasteiger partial charge in [0.05, 0.1) is 4.90 Å². The molecule has 0 unspecified atom stereocenters. The highest BCUT2D eigenvalue weighted by Crippen LogP contribution is 2.08. The number of amides is 2. The van der Waals surface area contributed by atoms with Crippen LogP contribution in [0, 0.1) is 6.92 Å². The van der Waals surface area contributed by atoms with Crippen LogP contribution in [0.2, 0.25) is 0 Å². The number of rotatable bonds is 4. The molecule has 0 saturated heterocycles. The molecule has 5 N–H and O–H groups in total. The van der Waals surface area contributed by atoms with Crippen LogP contribution in [0.4, 0.5) is 4.79 Å². The number of benzene rings is 1. The number of primary amides is 1. The summed E-state index contributed by atoms with van der Waals surface area (Å²) in [7, 11) is -3.70. The molecule has 0 spiro atoms. The van der Waals surface area contributed by atoms with Crippen LogP contribution < -0.4 is 21.5 Å². The smallest absolute Gasteiger partial charge is 0.327 e. The Balaban J connectivity index is 2.71. The lowest BCUT2D eigenvalue weighted by Gasteiger charge is -2.07. The third-order valence-corrected chi connectivity index (χ3v) is 2.97. The number of nitrogens with one attached hydrogen (secondary N) is 3. The van der Waals surface area contributed by atoms with Crippen LogP contribution in [-0.4, -0.2) is 14.4 Å². The summed E-state index contributed by atoms with van der Waals surface area (Å²) < 4.78 is 23.1. The van der Waals surface area contributed by atoms with E-state index in [1.165, 1.54) is 12.1 Å². The van der Waals surface area contributed by atoms with Crippen LogP contribution in [0.15, 0.2) is 29.2 Å². The van der Waals surface area contributed by atoms with Gasteiger partial charge in [0, 0.05) is 0 Å². The average Bonchev–Trinajstić information content (AvgIpc) is 2.17. The normalized spacial score (nSPS) is 11.1. The second kappa shape index (κ2) is 4.92. The van der Waals surface area contributed by atoms with E-state index >= 15 is 0 Å². The minimum absolute atomic E-state index is 0.0804. The van der Waals surface area contributed by atoms with Crippen molar-refractivity contribution in [3.8, 4) is 0 Å². The minimum Gasteiger partial charge on any atom is -0.351 e. The Bertz CT molecular complexity index is 469. The molecule has 16 heavy (non-hydrogen) atoms. The average molecular weight is 244 g/mol. The van der Waals surface area contributed by atoms with Gasteiger partial charge in [0.25, 0.3) is 10.0 Å². The molecular formula is C8H12N4O3S. The first-order chi connectivity index (χ1) is 7.42. The van der Waals surface area contributed by atoms with E-state index in [-0.39, 0.29) is 4.90 Å². The van der Waals surface area contributed by atoms with Gasteiger partial charge in [-0.15, -0.1) is 4.83 Å². The van der Waals surface area contributed by atoms with Crippen LogP contribution in [0.5, 0.6) is 0 Å². The quantitative estimate of drug-likeness (QED) is 0.527. The Morgan fingerprint density at radius 3 is 2.31 bits per heavy atom. The molecule has 0 bridgehead atoms. The van der Waals surface area contributed by atoms with Gasteiger partial charge in [-0.25, -0.2) is 13.2 Å². The molecule has 8 heteroatoms. The SMILES string of the molecule is Cc1ccc(S(=O)(=O)NNNC(N)=O)cc1. The number of nitrogens with two attached hydrogens (primary N) is 1. The maximum Gasteiger partial charge on any atom is 0.327 e. The van der Waals surface area contributed by atoms with Gasteiger partial charge in [0.2, 0.25) is 0 Å². The lowest BCUT2D eigenvalue weighted by Crippen LogP contribution is -2.50. The van der Waals surface area contributed by atoms with Gasteiger partial charge < -0.3 is 5.73 Å². The zero-order chi connectivity index (χ0) is 12.2. The molecule has 0 radical (unpaired) electrons. The molecule has 1 aromatic rings. The fourth-order valence-corrected chi connectivity index (χ4v) is 1.73. The number of carbonyl (C=O) groups excluding carboxylic acids is 1. The van der Waals surface area contributed by atoms with E-state index in [1.807, 2.05) is 22.7 Å². The summed E-state index contributed by atoms with van der Waals surface area (Å²) in [5.41, 5.74) is 9.54. The summed E-state index contributed by atoms with van der Waals surface area (Å²) >= 11 is 0. The first-order valence-electron chi connectivity index (χ1n) is 4.31. The Morgan fingerprint density at radius 1 is 1.25 bits per heavy atom. The molecule has 88 valence electrons. The number of hydrogen-bond acceptors (Lipinski definition) is 4. The van der Waals surface area contributed by atoms with Crippen LogP contribution >= 0.6 is 0 Å². The molecule has 7 nitrogen and oxygen atoms in total. The fraction of sp³-hybridized carbons (Fsp3) is 0.125. The lowest BCUT2D eigenvalue weighted by atomic mass is 10.2. The second-order valence-corrected chi connectivity index (χ2v) is 4.72. The highest BCUT2D eigenvalue weighted by Gasteiger charge is 2.12. The van der Waals surface area contributed by atoms with Crippen molar-refractivity contribution < 1.29 is 13.2 Å². The molecular weight excluding hydrogens is 232 g/mol. The van der Waals surface area contributed by atoms with Crippen molar-refractivity contribution in [2.45, 2.75) is 11.8 Å². The highest BCUT2D eigenvalue weighted by atomic mass is 32.2. The van der Waals surface area contributed by atoms with Gasteiger partial charge in [0.15, 0.2) is 0 Å². The molecule has 1 rings (SSSR count). The van der Waals surface area contributed by atoms with Crippen LogP contribution in [0.3, 0.4) is 0 Å². The molecule has 0 fully saturated rings. The van der Waals surface area contributed by atoms with Crippen LogP contribution in [0.1, 0.15) is 5.56 Å². The topological polar surface area (TPSA) is 113 Å². The summed E-state index contributed by atoms with van der Waals surface area (Å²) in [5.74, 6) is 0. The zero-order valence-electron chi connectivity index (χ0n) is 8.52. The molecule has 0 aliphatic rings. The Hall–Kier alpha value is -1.64. The van der Waals surface area contributed by atoms with E-state index < -0.39 is 16.1 Å². The van der Waals surface area contributed by atoms with E-state index in [4.69, 9.17) is 5.73 Å². The van der Waals surface area contributed by atoms with Gasteiger partial charge in [-0.1, -0.05) is 17.7 Å². The van der Waals surface area contributed by atoms with Gasteiger partial charge in [-0.05, 0) is 19.1 Å². The molecule has 0 atom stereocenters. The molecule has 0 aromatic heterocycles. The minimum atomic E-state index is -3.70. The van der Waals surface area contributed by atoms with E-state index in [1.54, 1.807) is 12.1 Å². The number of carbonyl (C=O) groups is 1. The molecule has 2 amide bonds. The van der Waals surface area contributed by atoms with Gasteiger partial charge in [0.1, 0.15) is 0 Å². The number of sulfonamides is 1. The molecule has 0 aliphatic heterocycles. The summed E-state index contributed by atoms with van der Waals surface area (Å²) in [6.45, 7) is 1.84. The standard InChI is InChI=1S/C8H12N4O3S/c1-6-2-4-7(5-3-6)16(14,15)12-11-10-8(9)13/h2-5,11-12H,1H3,(H3,9,10,13). The number of hydrazine groups is 2. The van der Waals surface area contributed by atoms with Gasteiger partial charge in [-0.2, -0.15) is 5.53 Å². The van der Waals surface area contributed by atoms with Gasteiger partial charge in [-0.3, -0.25) is 5.43 Å². The van der Waals surface area contributed by atoms with E-state index in [2.05, 4.69) is 0 Å². The van der Waals surface area contributed by atoms with Crippen molar-refractivity contribution in [1.82, 2.24) is 15.8 Å². The largest absolute Gasteiger partial charge is 0.351 e. The van der Waals surface area contributed by atoms with Crippen molar-refractivity contribution in [3.63, 3.8) is 0 Å². The zero-order valence-corrected chi connectivity index (χ0v) is 9.34. The predicted molar refractivity (Wildman–Crippen MR) is 57.4 cm³/mol. The Morgan fingerprint density at radius 2 is 1.81 bits per heavy atom. The second-order valence-electron chi connectivity index (χ2n) is 3.03. The number of aryl methyl sites for hydroxylation is 1. The third kappa shape index (κ3) is 3.50. The van der Waals surface area contributed by atoms with Crippen molar-refractivity contribution in [3.05, 3.63) is 29.8 Å². The maximum atomic E-state index is 11.6. The molecule has 0 heterocycles. The molecule has 0 saturated carbocycles. The fourth-order valence-electron chi connectivity index (χ4n) is 0.931. The van der Waals surface area contributed by atoms with Crippen molar-refractivity contribution in [1.29, 1.82) is 0 Å². The van der Waals surface area contributed by atoms with E-state index in [0.717, 1.165) is 5.56 Å². The summed E-state index contributed by atoms with van der Waals surface area (Å²) in [6, 6.07) is 5.32. The van der Waals surface area contributed by atoms with E-state index in [9.17, 15) is 13.2 Å². The lowest BCUT2D eigenvalue weighted by molar-refractivity contribution is 0.244. The molecule has 1 aromatic carbocycles. The van der Waals surface area contributed by atoms with Gasteiger partial charge >= 0.3 is 6.03 Å². The summed E-state index contributed by atoms with van der Waals surface area (Å²) in [4.78, 5) is 12.3. The summed E-state index contributed by atoms with van der Waals surface area (Å²) in [5, 5.41) is 0. The maximum absolute atomic E-state index is 11.6. The first-order valence-corrected chi connectivity index (χ1v) is 5.79.